The maximum atomic E-state index is 9.29. The van der Waals surface area contributed by atoms with Gasteiger partial charge in [-0.05, 0) is 26.0 Å². The van der Waals surface area contributed by atoms with Crippen molar-refractivity contribution in [2.75, 3.05) is 7.11 Å². The third kappa shape index (κ3) is 3.24. The first-order valence-corrected chi connectivity index (χ1v) is 6.79. The quantitative estimate of drug-likeness (QED) is 0.914. The summed E-state index contributed by atoms with van der Waals surface area (Å²) in [4.78, 5) is 5.62. The van der Waals surface area contributed by atoms with Crippen LogP contribution in [0.4, 0.5) is 0 Å². The smallest absolute Gasteiger partial charge is 0.140 e. The summed E-state index contributed by atoms with van der Waals surface area (Å²) in [6.07, 6.45) is 0. The predicted molar refractivity (Wildman–Crippen MR) is 74.8 cm³/mol. The zero-order chi connectivity index (χ0) is 13.8. The van der Waals surface area contributed by atoms with Crippen molar-refractivity contribution in [2.24, 2.45) is 0 Å². The highest BCUT2D eigenvalue weighted by atomic mass is 32.1. The molecule has 1 N–H and O–H groups in total. The number of aliphatic hydroxyl groups is 1. The topological polar surface area (TPSA) is 51.6 Å². The van der Waals surface area contributed by atoms with E-state index in [1.165, 1.54) is 4.88 Å². The molecule has 0 saturated heterocycles. The molecule has 0 saturated carbocycles. The van der Waals surface area contributed by atoms with E-state index in [0.717, 1.165) is 16.3 Å². The van der Waals surface area contributed by atoms with Gasteiger partial charge in [-0.15, -0.1) is 11.3 Å². The van der Waals surface area contributed by atoms with Gasteiger partial charge in [0.15, 0.2) is 0 Å². The number of benzene rings is 1. The molecule has 1 heterocycles. The first-order valence-electron chi connectivity index (χ1n) is 5.97. The van der Waals surface area contributed by atoms with Crippen molar-refractivity contribution in [1.82, 2.24) is 4.98 Å². The molecule has 2 aromatic rings. The molecule has 0 spiro atoms. The SMILES string of the molecule is COc1ccc(CO)c(OCc2nc(C)c(C)s2)c1. The zero-order valence-corrected chi connectivity index (χ0v) is 12.1. The van der Waals surface area contributed by atoms with Crippen molar-refractivity contribution in [1.29, 1.82) is 0 Å². The number of aryl methyl sites for hydroxylation is 2. The van der Waals surface area contributed by atoms with Crippen molar-refractivity contribution >= 4 is 11.3 Å². The van der Waals surface area contributed by atoms with E-state index < -0.39 is 0 Å². The Morgan fingerprint density at radius 2 is 2.11 bits per heavy atom. The van der Waals surface area contributed by atoms with Crippen LogP contribution in [0.15, 0.2) is 18.2 Å². The molecule has 0 unspecified atom stereocenters. The van der Waals surface area contributed by atoms with Gasteiger partial charge < -0.3 is 14.6 Å². The Kier molecular flexibility index (Phi) is 4.39. The third-order valence-electron chi connectivity index (χ3n) is 2.87. The van der Waals surface area contributed by atoms with E-state index in [0.29, 0.717) is 18.1 Å². The zero-order valence-electron chi connectivity index (χ0n) is 11.3. The molecule has 0 aliphatic carbocycles. The molecule has 2 rings (SSSR count). The maximum Gasteiger partial charge on any atom is 0.140 e. The molecule has 0 bridgehead atoms. The summed E-state index contributed by atoms with van der Waals surface area (Å²) in [5.41, 5.74) is 1.78. The number of hydrogen-bond donors (Lipinski definition) is 1. The van der Waals surface area contributed by atoms with Crippen LogP contribution < -0.4 is 9.47 Å². The Bertz CT molecular complexity index is 546. The molecular formula is C14H17NO3S. The van der Waals surface area contributed by atoms with Crippen LogP contribution in [0.3, 0.4) is 0 Å². The number of thiazole rings is 1. The third-order valence-corrected chi connectivity index (χ3v) is 3.92. The minimum absolute atomic E-state index is 0.0603. The van der Waals surface area contributed by atoms with Crippen LogP contribution in [0, 0.1) is 13.8 Å². The van der Waals surface area contributed by atoms with Gasteiger partial charge in [0.2, 0.25) is 0 Å². The Morgan fingerprint density at radius 1 is 1.32 bits per heavy atom. The lowest BCUT2D eigenvalue weighted by atomic mass is 10.2. The number of aliphatic hydroxyl groups excluding tert-OH is 1. The average molecular weight is 279 g/mol. The van der Waals surface area contributed by atoms with Crippen molar-refractivity contribution in [2.45, 2.75) is 27.1 Å². The van der Waals surface area contributed by atoms with Crippen LogP contribution in [0.1, 0.15) is 21.1 Å². The van der Waals surface area contributed by atoms with Crippen LogP contribution in [-0.4, -0.2) is 17.2 Å². The summed E-state index contributed by atoms with van der Waals surface area (Å²) in [5, 5.41) is 10.2. The first kappa shape index (κ1) is 13.8. The second-order valence-corrected chi connectivity index (χ2v) is 5.46. The number of hydrogen-bond acceptors (Lipinski definition) is 5. The Labute approximate surface area is 116 Å². The van der Waals surface area contributed by atoms with Crippen LogP contribution in [0.25, 0.3) is 0 Å². The van der Waals surface area contributed by atoms with Crippen LogP contribution in [0.5, 0.6) is 11.5 Å². The van der Waals surface area contributed by atoms with E-state index in [-0.39, 0.29) is 6.61 Å². The van der Waals surface area contributed by atoms with Gasteiger partial charge in [0, 0.05) is 16.5 Å². The highest BCUT2D eigenvalue weighted by molar-refractivity contribution is 7.11. The second kappa shape index (κ2) is 6.04. The number of rotatable bonds is 5. The summed E-state index contributed by atoms with van der Waals surface area (Å²) in [7, 11) is 1.60. The van der Waals surface area contributed by atoms with E-state index in [2.05, 4.69) is 4.98 Å². The molecule has 0 aliphatic heterocycles. The van der Waals surface area contributed by atoms with Crippen LogP contribution >= 0.6 is 11.3 Å². The highest BCUT2D eigenvalue weighted by Crippen LogP contribution is 2.26. The van der Waals surface area contributed by atoms with Crippen molar-refractivity contribution in [3.8, 4) is 11.5 Å². The average Bonchev–Trinajstić information content (AvgIpc) is 2.75. The molecule has 0 atom stereocenters. The first-order chi connectivity index (χ1) is 9.13. The molecule has 1 aromatic carbocycles. The molecule has 0 aliphatic rings. The normalized spacial score (nSPS) is 10.5. The van der Waals surface area contributed by atoms with Crippen LogP contribution in [-0.2, 0) is 13.2 Å². The fraction of sp³-hybridized carbons (Fsp3) is 0.357. The summed E-state index contributed by atoms with van der Waals surface area (Å²) < 4.78 is 10.9. The van der Waals surface area contributed by atoms with Crippen molar-refractivity contribution in [3.63, 3.8) is 0 Å². The number of ether oxygens (including phenoxy) is 2. The molecule has 19 heavy (non-hydrogen) atoms. The van der Waals surface area contributed by atoms with Gasteiger partial charge in [-0.25, -0.2) is 4.98 Å². The van der Waals surface area contributed by atoms with Gasteiger partial charge in [0.1, 0.15) is 23.1 Å². The predicted octanol–water partition coefficient (Wildman–Crippen LogP) is 2.84. The molecule has 1 aromatic heterocycles. The maximum absolute atomic E-state index is 9.29. The standard InChI is InChI=1S/C14H17NO3S/c1-9-10(2)19-14(15-9)8-18-13-6-12(17-3)5-4-11(13)7-16/h4-6,16H,7-8H2,1-3H3. The Balaban J connectivity index is 2.13. The Morgan fingerprint density at radius 3 is 2.68 bits per heavy atom. The lowest BCUT2D eigenvalue weighted by Gasteiger charge is -2.10. The molecule has 4 nitrogen and oxygen atoms in total. The molecule has 0 radical (unpaired) electrons. The minimum Gasteiger partial charge on any atom is -0.497 e. The number of methoxy groups -OCH3 is 1. The summed E-state index contributed by atoms with van der Waals surface area (Å²) >= 11 is 1.63. The minimum atomic E-state index is -0.0603. The van der Waals surface area contributed by atoms with Gasteiger partial charge in [-0.3, -0.25) is 0 Å². The fourth-order valence-corrected chi connectivity index (χ4v) is 2.51. The molecular weight excluding hydrogens is 262 g/mol. The molecule has 5 heteroatoms. The second-order valence-electron chi connectivity index (χ2n) is 4.17. The van der Waals surface area contributed by atoms with Gasteiger partial charge in [-0.2, -0.15) is 0 Å². The molecule has 102 valence electrons. The van der Waals surface area contributed by atoms with E-state index in [1.54, 1.807) is 36.6 Å². The summed E-state index contributed by atoms with van der Waals surface area (Å²) in [6, 6.07) is 5.38. The number of aromatic nitrogens is 1. The lowest BCUT2D eigenvalue weighted by Crippen LogP contribution is -1.99. The summed E-state index contributed by atoms with van der Waals surface area (Å²) in [6.45, 7) is 4.37. The summed E-state index contributed by atoms with van der Waals surface area (Å²) in [5.74, 6) is 1.34. The van der Waals surface area contributed by atoms with Gasteiger partial charge in [-0.1, -0.05) is 0 Å². The van der Waals surface area contributed by atoms with Gasteiger partial charge in [0.25, 0.3) is 0 Å². The lowest BCUT2D eigenvalue weighted by molar-refractivity contribution is 0.257. The largest absolute Gasteiger partial charge is 0.497 e. The van der Waals surface area contributed by atoms with E-state index in [9.17, 15) is 5.11 Å². The van der Waals surface area contributed by atoms with Crippen LogP contribution in [0.2, 0.25) is 0 Å². The fourth-order valence-electron chi connectivity index (χ4n) is 1.67. The van der Waals surface area contributed by atoms with E-state index in [1.807, 2.05) is 13.8 Å². The number of nitrogens with zero attached hydrogens (tertiary/aromatic N) is 1. The van der Waals surface area contributed by atoms with E-state index in [4.69, 9.17) is 9.47 Å². The van der Waals surface area contributed by atoms with Crippen molar-refractivity contribution in [3.05, 3.63) is 39.3 Å². The van der Waals surface area contributed by atoms with Gasteiger partial charge >= 0.3 is 0 Å². The molecule has 0 amide bonds. The highest BCUT2D eigenvalue weighted by Gasteiger charge is 2.08. The van der Waals surface area contributed by atoms with Crippen molar-refractivity contribution < 1.29 is 14.6 Å². The molecule has 0 fully saturated rings. The monoisotopic (exact) mass is 279 g/mol. The van der Waals surface area contributed by atoms with Gasteiger partial charge in [0.05, 0.1) is 19.4 Å². The Hall–Kier alpha value is -1.59. The van der Waals surface area contributed by atoms with E-state index >= 15 is 0 Å².